The fourth-order valence-electron chi connectivity index (χ4n) is 2.75. The van der Waals surface area contributed by atoms with Crippen LogP contribution in [0, 0.1) is 0 Å². The first kappa shape index (κ1) is 15.1. The Bertz CT molecular complexity index is 342. The quantitative estimate of drug-likeness (QED) is 0.810. The number of carboxylic acids is 1. The molecule has 2 rings (SSSR count). The molecule has 2 heterocycles. The molecular formula is C13H23NO4S. The zero-order valence-electron chi connectivity index (χ0n) is 11.6. The minimum Gasteiger partial charge on any atom is -0.480 e. The second kappa shape index (κ2) is 5.60. The van der Waals surface area contributed by atoms with E-state index in [2.05, 4.69) is 0 Å². The molecule has 2 unspecified atom stereocenters. The Morgan fingerprint density at radius 3 is 2.84 bits per heavy atom. The molecule has 3 atom stereocenters. The van der Waals surface area contributed by atoms with Crippen LogP contribution in [0.4, 0.5) is 0 Å². The summed E-state index contributed by atoms with van der Waals surface area (Å²) in [5.41, 5.74) is 5.64. The van der Waals surface area contributed by atoms with Crippen LogP contribution in [0.25, 0.3) is 0 Å². The Morgan fingerprint density at radius 1 is 1.53 bits per heavy atom. The summed E-state index contributed by atoms with van der Waals surface area (Å²) in [5, 5.41) is 9.45. The lowest BCUT2D eigenvalue weighted by molar-refractivity contribution is -0.139. The lowest BCUT2D eigenvalue weighted by Crippen LogP contribution is -2.49. The van der Waals surface area contributed by atoms with Gasteiger partial charge in [-0.15, -0.1) is 11.8 Å². The molecule has 2 aliphatic rings. The minimum absolute atomic E-state index is 0.140. The van der Waals surface area contributed by atoms with Crippen LogP contribution in [0.5, 0.6) is 0 Å². The number of nitrogens with two attached hydrogens (primary N) is 1. The van der Waals surface area contributed by atoms with E-state index in [1.807, 2.05) is 13.8 Å². The van der Waals surface area contributed by atoms with E-state index in [1.165, 1.54) is 0 Å². The molecule has 0 amide bonds. The maximum Gasteiger partial charge on any atom is 0.321 e. The average molecular weight is 289 g/mol. The molecule has 5 nitrogen and oxygen atoms in total. The van der Waals surface area contributed by atoms with E-state index in [1.54, 1.807) is 11.8 Å². The van der Waals surface area contributed by atoms with Crippen LogP contribution in [0.1, 0.15) is 33.1 Å². The van der Waals surface area contributed by atoms with Crippen molar-refractivity contribution < 1.29 is 19.4 Å². The molecule has 6 heteroatoms. The number of carboxylic acid groups (broad SMARTS) is 1. The number of rotatable bonds is 4. The number of thioether (sulfide) groups is 1. The standard InChI is InChI=1S/C13H23NO4S/c1-12(2,10(14)11(15)16)19-9-3-5-18-13(7-9)4-6-17-8-13/h9-10H,3-8,14H2,1-2H3,(H,15,16)/t9?,10-,13?/m1/s1. The number of hydrogen-bond acceptors (Lipinski definition) is 5. The first-order valence-electron chi connectivity index (χ1n) is 6.73. The summed E-state index contributed by atoms with van der Waals surface area (Å²) < 4.78 is 10.9. The fraction of sp³-hybridized carbons (Fsp3) is 0.923. The van der Waals surface area contributed by atoms with Crippen molar-refractivity contribution in [2.75, 3.05) is 19.8 Å². The highest BCUT2D eigenvalue weighted by Gasteiger charge is 2.44. The Balaban J connectivity index is 1.96. The predicted molar refractivity (Wildman–Crippen MR) is 74.4 cm³/mol. The van der Waals surface area contributed by atoms with Crippen molar-refractivity contribution in [2.45, 2.75) is 54.7 Å². The lowest BCUT2D eigenvalue weighted by atomic mass is 9.93. The Kier molecular flexibility index (Phi) is 4.45. The summed E-state index contributed by atoms with van der Waals surface area (Å²) in [5.74, 6) is -0.941. The number of hydrogen-bond donors (Lipinski definition) is 2. The van der Waals surface area contributed by atoms with Crippen LogP contribution >= 0.6 is 11.8 Å². The van der Waals surface area contributed by atoms with Gasteiger partial charge in [0.15, 0.2) is 0 Å². The van der Waals surface area contributed by atoms with Crippen molar-refractivity contribution in [3.05, 3.63) is 0 Å². The zero-order chi connectivity index (χ0) is 14.1. The topological polar surface area (TPSA) is 81.8 Å². The van der Waals surface area contributed by atoms with Gasteiger partial charge in [0.25, 0.3) is 0 Å². The average Bonchev–Trinajstić information content (AvgIpc) is 2.75. The Morgan fingerprint density at radius 2 is 2.26 bits per heavy atom. The lowest BCUT2D eigenvalue weighted by Gasteiger charge is -2.40. The maximum absolute atomic E-state index is 11.1. The summed E-state index contributed by atoms with van der Waals surface area (Å²) >= 11 is 1.68. The minimum atomic E-state index is -0.941. The van der Waals surface area contributed by atoms with Crippen LogP contribution in [0.15, 0.2) is 0 Å². The van der Waals surface area contributed by atoms with Crippen LogP contribution in [-0.2, 0) is 14.3 Å². The molecule has 0 bridgehead atoms. The molecule has 2 fully saturated rings. The normalized spacial score (nSPS) is 33.5. The first-order valence-corrected chi connectivity index (χ1v) is 7.61. The molecule has 2 aliphatic heterocycles. The molecular weight excluding hydrogens is 266 g/mol. The van der Waals surface area contributed by atoms with E-state index in [9.17, 15) is 4.79 Å². The monoisotopic (exact) mass is 289 g/mol. The van der Waals surface area contributed by atoms with Gasteiger partial charge >= 0.3 is 5.97 Å². The zero-order valence-corrected chi connectivity index (χ0v) is 12.4. The molecule has 0 aromatic carbocycles. The van der Waals surface area contributed by atoms with Gasteiger partial charge in [-0.25, -0.2) is 0 Å². The predicted octanol–water partition coefficient (Wildman–Crippen LogP) is 1.25. The molecule has 1 spiro atoms. The van der Waals surface area contributed by atoms with E-state index < -0.39 is 16.8 Å². The first-order chi connectivity index (χ1) is 8.85. The summed E-state index contributed by atoms with van der Waals surface area (Å²) in [6.07, 6.45) is 2.81. The molecule has 110 valence electrons. The van der Waals surface area contributed by atoms with Crippen molar-refractivity contribution in [1.82, 2.24) is 0 Å². The van der Waals surface area contributed by atoms with Crippen molar-refractivity contribution in [1.29, 1.82) is 0 Å². The molecule has 0 saturated carbocycles. The van der Waals surface area contributed by atoms with E-state index >= 15 is 0 Å². The second-order valence-electron chi connectivity index (χ2n) is 5.99. The smallest absolute Gasteiger partial charge is 0.321 e. The van der Waals surface area contributed by atoms with E-state index in [0.29, 0.717) is 11.9 Å². The third kappa shape index (κ3) is 3.42. The van der Waals surface area contributed by atoms with Gasteiger partial charge in [-0.05, 0) is 26.7 Å². The van der Waals surface area contributed by atoms with Gasteiger partial charge in [0.1, 0.15) is 6.04 Å². The van der Waals surface area contributed by atoms with Gasteiger partial charge < -0.3 is 20.3 Å². The van der Waals surface area contributed by atoms with Gasteiger partial charge in [-0.1, -0.05) is 0 Å². The molecule has 3 N–H and O–H groups in total. The Hall–Kier alpha value is -0.300. The van der Waals surface area contributed by atoms with Crippen molar-refractivity contribution in [3.8, 4) is 0 Å². The molecule has 19 heavy (non-hydrogen) atoms. The van der Waals surface area contributed by atoms with Gasteiger partial charge in [0.05, 0.1) is 12.2 Å². The van der Waals surface area contributed by atoms with Gasteiger partial charge in [-0.2, -0.15) is 0 Å². The number of aliphatic carboxylic acids is 1. The molecule has 0 aromatic heterocycles. The largest absolute Gasteiger partial charge is 0.480 e. The van der Waals surface area contributed by atoms with Crippen LogP contribution in [-0.4, -0.2) is 52.5 Å². The fourth-order valence-corrected chi connectivity index (χ4v) is 4.45. The van der Waals surface area contributed by atoms with Gasteiger partial charge in [0.2, 0.25) is 0 Å². The molecule has 0 aliphatic carbocycles. The SMILES string of the molecule is CC(C)(SC1CCOC2(CCOC2)C1)[C@H](N)C(=O)O. The molecule has 0 radical (unpaired) electrons. The van der Waals surface area contributed by atoms with E-state index in [0.717, 1.165) is 32.5 Å². The summed E-state index contributed by atoms with van der Waals surface area (Å²) in [7, 11) is 0. The highest BCUT2D eigenvalue weighted by Crippen LogP contribution is 2.42. The maximum atomic E-state index is 11.1. The summed E-state index contributed by atoms with van der Waals surface area (Å²) in [4.78, 5) is 11.1. The van der Waals surface area contributed by atoms with Crippen LogP contribution in [0.3, 0.4) is 0 Å². The van der Waals surface area contributed by atoms with Gasteiger partial charge in [-0.3, -0.25) is 4.79 Å². The van der Waals surface area contributed by atoms with Crippen LogP contribution < -0.4 is 5.73 Å². The van der Waals surface area contributed by atoms with Gasteiger partial charge in [0, 0.05) is 29.6 Å². The molecule has 2 saturated heterocycles. The van der Waals surface area contributed by atoms with Crippen molar-refractivity contribution in [2.24, 2.45) is 5.73 Å². The van der Waals surface area contributed by atoms with Crippen LogP contribution in [0.2, 0.25) is 0 Å². The Labute approximate surface area is 118 Å². The number of ether oxygens (including phenoxy) is 2. The van der Waals surface area contributed by atoms with E-state index in [4.69, 9.17) is 20.3 Å². The van der Waals surface area contributed by atoms with Crippen molar-refractivity contribution >= 4 is 17.7 Å². The summed E-state index contributed by atoms with van der Waals surface area (Å²) in [6.45, 7) is 5.96. The third-order valence-electron chi connectivity index (χ3n) is 4.00. The number of carbonyl (C=O) groups is 1. The highest BCUT2D eigenvalue weighted by atomic mass is 32.2. The van der Waals surface area contributed by atoms with Crippen molar-refractivity contribution in [3.63, 3.8) is 0 Å². The summed E-state index contributed by atoms with van der Waals surface area (Å²) in [6, 6.07) is -0.851. The second-order valence-corrected chi connectivity index (χ2v) is 7.94. The highest BCUT2D eigenvalue weighted by molar-refractivity contribution is 8.01. The van der Waals surface area contributed by atoms with E-state index in [-0.39, 0.29) is 5.60 Å². The molecule has 0 aromatic rings. The third-order valence-corrected chi connectivity index (χ3v) is 5.60.